The third-order valence-electron chi connectivity index (χ3n) is 3.21. The molecule has 0 aliphatic heterocycles. The maximum absolute atomic E-state index is 11.8. The number of hydrogen-bond acceptors (Lipinski definition) is 4. The Morgan fingerprint density at radius 3 is 2.57 bits per heavy atom. The van der Waals surface area contributed by atoms with Gasteiger partial charge in [0.15, 0.2) is 0 Å². The zero-order valence-electron chi connectivity index (χ0n) is 13.0. The van der Waals surface area contributed by atoms with Crippen LogP contribution in [-0.4, -0.2) is 23.5 Å². The van der Waals surface area contributed by atoms with Crippen LogP contribution in [0.1, 0.15) is 24.3 Å². The first-order chi connectivity index (χ1) is 11.0. The van der Waals surface area contributed by atoms with Crippen molar-refractivity contribution in [2.24, 2.45) is 5.73 Å². The highest BCUT2D eigenvalue weighted by Gasteiger charge is 2.05. The van der Waals surface area contributed by atoms with Crippen molar-refractivity contribution >= 4 is 29.0 Å². The molecule has 4 N–H and O–H groups in total. The van der Waals surface area contributed by atoms with E-state index in [9.17, 15) is 9.59 Å². The van der Waals surface area contributed by atoms with Crippen LogP contribution in [0.15, 0.2) is 29.6 Å². The highest BCUT2D eigenvalue weighted by molar-refractivity contribution is 7.09. The predicted molar refractivity (Wildman–Crippen MR) is 92.4 cm³/mol. The summed E-state index contributed by atoms with van der Waals surface area (Å²) in [4.78, 5) is 26.8. The lowest BCUT2D eigenvalue weighted by Crippen LogP contribution is -2.30. The van der Waals surface area contributed by atoms with Crippen LogP contribution in [0.2, 0.25) is 0 Å². The van der Waals surface area contributed by atoms with Crippen molar-refractivity contribution in [2.45, 2.75) is 26.2 Å². The van der Waals surface area contributed by atoms with E-state index < -0.39 is 6.03 Å². The minimum Gasteiger partial charge on any atom is -0.352 e. The second-order valence-electron chi connectivity index (χ2n) is 5.13. The van der Waals surface area contributed by atoms with Crippen molar-refractivity contribution in [2.75, 3.05) is 11.9 Å². The van der Waals surface area contributed by atoms with E-state index in [1.807, 2.05) is 36.6 Å². The summed E-state index contributed by atoms with van der Waals surface area (Å²) in [5, 5.41) is 8.40. The largest absolute Gasteiger partial charge is 0.352 e. The summed E-state index contributed by atoms with van der Waals surface area (Å²) in [5.74, 6) is -0.0404. The van der Waals surface area contributed by atoms with Gasteiger partial charge >= 0.3 is 6.03 Å². The van der Waals surface area contributed by atoms with Crippen LogP contribution >= 0.6 is 11.3 Å². The SMILES string of the molecule is Cc1nc(-c2ccc(NC(=O)CCCCNC(N)=O)cc2)cs1. The highest BCUT2D eigenvalue weighted by Crippen LogP contribution is 2.23. The zero-order valence-corrected chi connectivity index (χ0v) is 13.8. The fourth-order valence-corrected chi connectivity index (χ4v) is 2.69. The number of amides is 3. The van der Waals surface area contributed by atoms with Crippen LogP contribution < -0.4 is 16.4 Å². The molecule has 2 rings (SSSR count). The molecule has 1 aromatic carbocycles. The second-order valence-corrected chi connectivity index (χ2v) is 6.19. The topological polar surface area (TPSA) is 97.1 Å². The van der Waals surface area contributed by atoms with E-state index in [4.69, 9.17) is 5.73 Å². The number of hydrogen-bond donors (Lipinski definition) is 3. The highest BCUT2D eigenvalue weighted by atomic mass is 32.1. The standard InChI is InChI=1S/C16H20N4O2S/c1-11-19-14(10-23-11)12-5-7-13(8-6-12)20-15(21)4-2-3-9-18-16(17)22/h5-8,10H,2-4,9H2,1H3,(H,20,21)(H3,17,18,22). The lowest BCUT2D eigenvalue weighted by Gasteiger charge is -2.06. The molecule has 0 aliphatic rings. The van der Waals surface area contributed by atoms with Crippen molar-refractivity contribution in [3.8, 4) is 11.3 Å². The minimum absolute atomic E-state index is 0.0404. The summed E-state index contributed by atoms with van der Waals surface area (Å²) in [6.07, 6.45) is 1.83. The Bertz CT molecular complexity index is 667. The second kappa shape index (κ2) is 8.28. The molecule has 0 spiro atoms. The number of carbonyl (C=O) groups excluding carboxylic acids is 2. The zero-order chi connectivity index (χ0) is 16.7. The fourth-order valence-electron chi connectivity index (χ4n) is 2.07. The van der Waals surface area contributed by atoms with Crippen molar-refractivity contribution in [1.82, 2.24) is 10.3 Å². The number of aromatic nitrogens is 1. The van der Waals surface area contributed by atoms with Crippen LogP contribution in [0.4, 0.5) is 10.5 Å². The fraction of sp³-hybridized carbons (Fsp3) is 0.312. The van der Waals surface area contributed by atoms with Gasteiger partial charge in [-0.1, -0.05) is 12.1 Å². The minimum atomic E-state index is -0.537. The Kier molecular flexibility index (Phi) is 6.10. The summed E-state index contributed by atoms with van der Waals surface area (Å²) in [7, 11) is 0. The molecule has 1 aromatic heterocycles. The number of primary amides is 1. The molecule has 0 saturated carbocycles. The first kappa shape index (κ1) is 17.0. The maximum Gasteiger partial charge on any atom is 0.312 e. The normalized spacial score (nSPS) is 10.3. The first-order valence-electron chi connectivity index (χ1n) is 7.40. The van der Waals surface area contributed by atoms with E-state index in [0.717, 1.165) is 28.4 Å². The van der Waals surface area contributed by atoms with Crippen LogP contribution in [-0.2, 0) is 4.79 Å². The number of carbonyl (C=O) groups is 2. The lowest BCUT2D eigenvalue weighted by atomic mass is 10.1. The van der Waals surface area contributed by atoms with E-state index in [-0.39, 0.29) is 5.91 Å². The molecule has 0 radical (unpaired) electrons. The summed E-state index contributed by atoms with van der Waals surface area (Å²) < 4.78 is 0. The van der Waals surface area contributed by atoms with E-state index in [0.29, 0.717) is 19.4 Å². The summed E-state index contributed by atoms with van der Waals surface area (Å²) in [6.45, 7) is 2.46. The number of urea groups is 1. The van der Waals surface area contributed by atoms with Crippen molar-refractivity contribution in [3.63, 3.8) is 0 Å². The maximum atomic E-state index is 11.8. The molecular formula is C16H20N4O2S. The Morgan fingerprint density at radius 2 is 1.96 bits per heavy atom. The van der Waals surface area contributed by atoms with Crippen LogP contribution in [0.25, 0.3) is 11.3 Å². The molecule has 0 unspecified atom stereocenters. The van der Waals surface area contributed by atoms with Gasteiger partial charge in [-0.05, 0) is 31.9 Å². The van der Waals surface area contributed by atoms with Gasteiger partial charge in [-0.25, -0.2) is 9.78 Å². The molecule has 0 bridgehead atoms. The number of unbranched alkanes of at least 4 members (excludes halogenated alkanes) is 1. The monoisotopic (exact) mass is 332 g/mol. The third kappa shape index (κ3) is 5.71. The molecule has 0 saturated heterocycles. The van der Waals surface area contributed by atoms with Gasteiger partial charge in [0.25, 0.3) is 0 Å². The molecule has 122 valence electrons. The molecule has 0 fully saturated rings. The number of anilines is 1. The average molecular weight is 332 g/mol. The molecular weight excluding hydrogens is 312 g/mol. The number of thiazole rings is 1. The van der Waals surface area contributed by atoms with E-state index in [1.54, 1.807) is 11.3 Å². The van der Waals surface area contributed by atoms with Crippen molar-refractivity contribution < 1.29 is 9.59 Å². The molecule has 7 heteroatoms. The summed E-state index contributed by atoms with van der Waals surface area (Å²) >= 11 is 1.61. The number of nitrogens with one attached hydrogen (secondary N) is 2. The van der Waals surface area contributed by atoms with Gasteiger partial charge in [0, 0.05) is 29.6 Å². The van der Waals surface area contributed by atoms with Gasteiger partial charge in [0.05, 0.1) is 10.7 Å². The third-order valence-corrected chi connectivity index (χ3v) is 3.99. The lowest BCUT2D eigenvalue weighted by molar-refractivity contribution is -0.116. The van der Waals surface area contributed by atoms with Gasteiger partial charge in [-0.3, -0.25) is 4.79 Å². The number of nitrogens with zero attached hydrogens (tertiary/aromatic N) is 1. The van der Waals surface area contributed by atoms with Crippen LogP contribution in [0.5, 0.6) is 0 Å². The average Bonchev–Trinajstić information content (AvgIpc) is 2.94. The predicted octanol–water partition coefficient (Wildman–Crippen LogP) is 2.90. The van der Waals surface area contributed by atoms with Crippen LogP contribution in [0, 0.1) is 6.92 Å². The number of aryl methyl sites for hydroxylation is 1. The smallest absolute Gasteiger partial charge is 0.312 e. The molecule has 3 amide bonds. The Balaban J connectivity index is 1.77. The van der Waals surface area contributed by atoms with Gasteiger partial charge in [-0.15, -0.1) is 11.3 Å². The molecule has 0 atom stereocenters. The van der Waals surface area contributed by atoms with Crippen LogP contribution in [0.3, 0.4) is 0 Å². The van der Waals surface area contributed by atoms with Gasteiger partial charge in [0.1, 0.15) is 0 Å². The first-order valence-corrected chi connectivity index (χ1v) is 8.28. The number of nitrogens with two attached hydrogens (primary N) is 1. The van der Waals surface area contributed by atoms with E-state index in [2.05, 4.69) is 15.6 Å². The van der Waals surface area contributed by atoms with E-state index in [1.165, 1.54) is 0 Å². The van der Waals surface area contributed by atoms with E-state index >= 15 is 0 Å². The quantitative estimate of drug-likeness (QED) is 0.680. The molecule has 2 aromatic rings. The Hall–Kier alpha value is -2.41. The summed E-state index contributed by atoms with van der Waals surface area (Å²) in [5.41, 5.74) is 7.71. The summed E-state index contributed by atoms with van der Waals surface area (Å²) in [6, 6.07) is 7.10. The molecule has 23 heavy (non-hydrogen) atoms. The Labute approximate surface area is 139 Å². The number of benzene rings is 1. The molecule has 1 heterocycles. The van der Waals surface area contributed by atoms with Gasteiger partial charge in [-0.2, -0.15) is 0 Å². The van der Waals surface area contributed by atoms with Gasteiger partial charge < -0.3 is 16.4 Å². The van der Waals surface area contributed by atoms with Gasteiger partial charge in [0.2, 0.25) is 5.91 Å². The number of rotatable bonds is 7. The molecule has 0 aliphatic carbocycles. The van der Waals surface area contributed by atoms with Crippen molar-refractivity contribution in [3.05, 3.63) is 34.7 Å². The molecule has 6 nitrogen and oxygen atoms in total. The van der Waals surface area contributed by atoms with Crippen molar-refractivity contribution in [1.29, 1.82) is 0 Å². The Morgan fingerprint density at radius 1 is 1.22 bits per heavy atom.